The fraction of sp³-hybridized carbons (Fsp3) is 0.375. The smallest absolute Gasteiger partial charge is 0.225 e. The molecule has 1 heterocycles. The molecule has 0 amide bonds. The lowest BCUT2D eigenvalue weighted by Gasteiger charge is -2.29. The number of nitrogens with zero attached hydrogens (tertiary/aromatic N) is 3. The van der Waals surface area contributed by atoms with Crippen LogP contribution < -0.4 is 20.3 Å². The van der Waals surface area contributed by atoms with Crippen LogP contribution in [0.3, 0.4) is 0 Å². The van der Waals surface area contributed by atoms with Gasteiger partial charge in [0.25, 0.3) is 0 Å². The molecule has 1 aromatic heterocycles. The molecule has 1 saturated carbocycles. The summed E-state index contributed by atoms with van der Waals surface area (Å²) in [6.07, 6.45) is 4.71. The second-order valence-electron chi connectivity index (χ2n) is 10.3. The van der Waals surface area contributed by atoms with Crippen molar-refractivity contribution in [3.63, 3.8) is 0 Å². The van der Waals surface area contributed by atoms with E-state index in [1.165, 1.54) is 18.4 Å². The number of ether oxygens (including phenoxy) is 1. The van der Waals surface area contributed by atoms with Gasteiger partial charge in [-0.15, -0.1) is 0 Å². The summed E-state index contributed by atoms with van der Waals surface area (Å²) >= 11 is 3.47. The van der Waals surface area contributed by atoms with Crippen LogP contribution >= 0.6 is 15.9 Å². The van der Waals surface area contributed by atoms with E-state index in [1.807, 2.05) is 38.4 Å². The zero-order valence-electron chi connectivity index (χ0n) is 22.2. The topological polar surface area (TPSA) is 62.3 Å². The Labute approximate surface area is 241 Å². The predicted octanol–water partition coefficient (Wildman–Crippen LogP) is 7.43. The Morgan fingerprint density at radius 2 is 1.56 bits per heavy atom. The van der Waals surface area contributed by atoms with Crippen LogP contribution in [0.25, 0.3) is 10.9 Å². The van der Waals surface area contributed by atoms with E-state index in [2.05, 4.69) is 80.0 Å². The first-order chi connectivity index (χ1) is 18.5. The number of anilines is 2. The van der Waals surface area contributed by atoms with Crippen molar-refractivity contribution in [2.24, 2.45) is 5.92 Å². The summed E-state index contributed by atoms with van der Waals surface area (Å²) in [7, 11) is 4.06. The fourth-order valence-electron chi connectivity index (χ4n) is 5.03. The quantitative estimate of drug-likeness (QED) is 0.200. The Balaban J connectivity index is 0.00000353. The van der Waals surface area contributed by atoms with Crippen LogP contribution in [0.4, 0.5) is 11.8 Å². The van der Waals surface area contributed by atoms with Crippen molar-refractivity contribution in [1.82, 2.24) is 15.3 Å². The SMILES string of the molecule is C.CN(C)c1nc(NC2CCC(CNCc3ccc(OCc4ccc(Br)cc4)cc3)CC2)nc2ccccc12. The van der Waals surface area contributed by atoms with Crippen LogP contribution in [-0.4, -0.2) is 36.6 Å². The highest BCUT2D eigenvalue weighted by Crippen LogP contribution is 2.28. The van der Waals surface area contributed by atoms with Gasteiger partial charge in [-0.05, 0) is 85.7 Å². The minimum absolute atomic E-state index is 0. The molecule has 5 rings (SSSR count). The van der Waals surface area contributed by atoms with Gasteiger partial charge in [0.1, 0.15) is 18.2 Å². The number of hydrogen-bond donors (Lipinski definition) is 2. The molecule has 1 aliphatic carbocycles. The van der Waals surface area contributed by atoms with Gasteiger partial charge in [-0.1, -0.05) is 59.8 Å². The van der Waals surface area contributed by atoms with Crippen LogP contribution in [0.5, 0.6) is 5.75 Å². The van der Waals surface area contributed by atoms with Gasteiger partial charge in [0.15, 0.2) is 0 Å². The number of fused-ring (bicyclic) bond motifs is 1. The maximum absolute atomic E-state index is 5.93. The van der Waals surface area contributed by atoms with E-state index in [9.17, 15) is 0 Å². The lowest BCUT2D eigenvalue weighted by Crippen LogP contribution is -2.31. The minimum atomic E-state index is 0. The van der Waals surface area contributed by atoms with Gasteiger partial charge in [-0.3, -0.25) is 0 Å². The van der Waals surface area contributed by atoms with Crippen LogP contribution in [0.2, 0.25) is 0 Å². The number of hydrogen-bond acceptors (Lipinski definition) is 6. The average molecular weight is 591 g/mol. The second-order valence-corrected chi connectivity index (χ2v) is 11.3. The number of aromatic nitrogens is 2. The molecule has 1 aliphatic rings. The van der Waals surface area contributed by atoms with E-state index in [-0.39, 0.29) is 7.43 Å². The first-order valence-electron chi connectivity index (χ1n) is 13.4. The molecule has 2 N–H and O–H groups in total. The standard InChI is InChI=1S/C31H36BrN5O.CH4/c1-37(2)30-28-5-3-4-6-29(28)35-31(36-30)34-26-15-9-22(10-16-26)19-33-20-23-11-17-27(18-12-23)38-21-24-7-13-25(32)14-8-24;/h3-8,11-14,17-18,22,26,33H,9-10,15-16,19-21H2,1-2H3,(H,34,35,36);1H4. The summed E-state index contributed by atoms with van der Waals surface area (Å²) in [5.41, 5.74) is 3.42. The highest BCUT2D eigenvalue weighted by molar-refractivity contribution is 9.10. The van der Waals surface area contributed by atoms with Crippen molar-refractivity contribution < 1.29 is 4.74 Å². The zero-order chi connectivity index (χ0) is 26.3. The maximum atomic E-state index is 5.93. The van der Waals surface area contributed by atoms with E-state index in [0.717, 1.165) is 64.4 Å². The predicted molar refractivity (Wildman–Crippen MR) is 167 cm³/mol. The summed E-state index contributed by atoms with van der Waals surface area (Å²) in [4.78, 5) is 11.7. The summed E-state index contributed by atoms with van der Waals surface area (Å²) in [6, 6.07) is 25.3. The molecule has 1 fully saturated rings. The number of nitrogens with one attached hydrogen (secondary N) is 2. The molecular weight excluding hydrogens is 550 g/mol. The highest BCUT2D eigenvalue weighted by atomic mass is 79.9. The molecule has 6 nitrogen and oxygen atoms in total. The maximum Gasteiger partial charge on any atom is 0.225 e. The Bertz CT molecular complexity index is 1320. The molecule has 4 aromatic rings. The Kier molecular flexibility index (Phi) is 10.2. The third-order valence-corrected chi connectivity index (χ3v) is 7.72. The zero-order valence-corrected chi connectivity index (χ0v) is 23.7. The van der Waals surface area contributed by atoms with Gasteiger partial charge in [-0.2, -0.15) is 4.98 Å². The summed E-state index contributed by atoms with van der Waals surface area (Å²) in [5, 5.41) is 8.36. The third-order valence-electron chi connectivity index (χ3n) is 7.19. The van der Waals surface area contributed by atoms with Crippen molar-refractivity contribution in [2.75, 3.05) is 30.9 Å². The summed E-state index contributed by atoms with van der Waals surface area (Å²) in [5.74, 6) is 3.30. The summed E-state index contributed by atoms with van der Waals surface area (Å²) < 4.78 is 7.01. The molecule has 0 radical (unpaired) electrons. The number of rotatable bonds is 10. The summed E-state index contributed by atoms with van der Waals surface area (Å²) in [6.45, 7) is 2.50. The van der Waals surface area contributed by atoms with Crippen molar-refractivity contribution in [1.29, 1.82) is 0 Å². The second kappa shape index (κ2) is 13.8. The minimum Gasteiger partial charge on any atom is -0.489 e. The molecule has 0 aliphatic heterocycles. The first-order valence-corrected chi connectivity index (χ1v) is 14.2. The third kappa shape index (κ3) is 7.93. The molecule has 0 bridgehead atoms. The van der Waals surface area contributed by atoms with Crippen molar-refractivity contribution in [3.05, 3.63) is 88.4 Å². The van der Waals surface area contributed by atoms with E-state index < -0.39 is 0 Å². The molecule has 3 aromatic carbocycles. The van der Waals surface area contributed by atoms with Gasteiger partial charge in [0.05, 0.1) is 5.52 Å². The molecule has 0 spiro atoms. The molecular formula is C32H40BrN5O. The van der Waals surface area contributed by atoms with E-state index in [4.69, 9.17) is 14.7 Å². The highest BCUT2D eigenvalue weighted by Gasteiger charge is 2.22. The fourth-order valence-corrected chi connectivity index (χ4v) is 5.29. The van der Waals surface area contributed by atoms with Gasteiger partial charge < -0.3 is 20.3 Å². The van der Waals surface area contributed by atoms with Crippen LogP contribution in [-0.2, 0) is 13.2 Å². The van der Waals surface area contributed by atoms with Crippen LogP contribution in [0.1, 0.15) is 44.2 Å². The molecule has 7 heteroatoms. The molecule has 206 valence electrons. The van der Waals surface area contributed by atoms with Crippen LogP contribution in [0.15, 0.2) is 77.3 Å². The Morgan fingerprint density at radius 1 is 0.872 bits per heavy atom. The Morgan fingerprint density at radius 3 is 2.28 bits per heavy atom. The number of para-hydroxylation sites is 1. The molecule has 0 saturated heterocycles. The van der Waals surface area contributed by atoms with Gasteiger partial charge >= 0.3 is 0 Å². The van der Waals surface area contributed by atoms with Crippen molar-refractivity contribution in [2.45, 2.75) is 52.3 Å². The average Bonchev–Trinajstić information content (AvgIpc) is 2.94. The first kappa shape index (κ1) is 28.8. The van der Waals surface area contributed by atoms with Crippen molar-refractivity contribution in [3.8, 4) is 5.75 Å². The van der Waals surface area contributed by atoms with Gasteiger partial charge in [0, 0.05) is 36.5 Å². The normalized spacial score (nSPS) is 16.9. The molecule has 0 atom stereocenters. The molecule has 0 unspecified atom stereocenters. The van der Waals surface area contributed by atoms with E-state index >= 15 is 0 Å². The number of benzene rings is 3. The lowest BCUT2D eigenvalue weighted by molar-refractivity contribution is 0.306. The van der Waals surface area contributed by atoms with E-state index in [1.54, 1.807) is 0 Å². The Hall–Kier alpha value is -3.16. The van der Waals surface area contributed by atoms with Gasteiger partial charge in [0.2, 0.25) is 5.95 Å². The monoisotopic (exact) mass is 589 g/mol. The van der Waals surface area contributed by atoms with Gasteiger partial charge in [-0.25, -0.2) is 4.98 Å². The van der Waals surface area contributed by atoms with Crippen molar-refractivity contribution >= 4 is 38.6 Å². The number of halogens is 1. The van der Waals surface area contributed by atoms with E-state index in [0.29, 0.717) is 18.6 Å². The lowest BCUT2D eigenvalue weighted by atomic mass is 9.86. The largest absolute Gasteiger partial charge is 0.489 e. The molecule has 39 heavy (non-hydrogen) atoms. The van der Waals surface area contributed by atoms with Crippen LogP contribution in [0, 0.1) is 5.92 Å².